The summed E-state index contributed by atoms with van der Waals surface area (Å²) in [6.45, 7) is 0. The average Bonchev–Trinajstić information content (AvgIpc) is 3.64. The van der Waals surface area contributed by atoms with Crippen molar-refractivity contribution >= 4 is 67.1 Å². The molecule has 12 rings (SSSR count). The molecule has 2 heteroatoms. The summed E-state index contributed by atoms with van der Waals surface area (Å²) >= 11 is 0. The molecule has 2 aliphatic carbocycles. The maximum absolute atomic E-state index is 4.85. The summed E-state index contributed by atoms with van der Waals surface area (Å²) < 4.78 is 0. The lowest BCUT2D eigenvalue weighted by atomic mass is 9.81. The maximum atomic E-state index is 4.85. The molecule has 2 nitrogen and oxygen atoms in total. The molecule has 1 aliphatic heterocycles. The van der Waals surface area contributed by atoms with E-state index in [-0.39, 0.29) is 6.04 Å². The van der Waals surface area contributed by atoms with Gasteiger partial charge in [0.1, 0.15) is 5.82 Å². The standard InChI is InChI=1S/C57H40N2/c1-2-16-47(17-3-1)59-54-30-29-44(36-53(54)52-22-11-31-58-57(52)59)40-15-10-14-39(32-40)41-24-25-43-35-46(28-26-42(43)33-41)56-50-20-8-6-18-48(50)55(49-19-7-9-21-51(49)56)45-27-23-37-12-4-5-13-38(37)34-45/h1-26,28-29,31-36,45,54H,27,30H2. The van der Waals surface area contributed by atoms with E-state index in [2.05, 4.69) is 205 Å². The molecule has 2 atom stereocenters. The molecule has 0 fully saturated rings. The molecular formula is C57H40N2. The quantitative estimate of drug-likeness (QED) is 0.163. The summed E-state index contributed by atoms with van der Waals surface area (Å²) in [5.74, 6) is 1.35. The number of benzene rings is 8. The van der Waals surface area contributed by atoms with Crippen LogP contribution in [0.4, 0.5) is 11.5 Å². The highest BCUT2D eigenvalue weighted by Crippen LogP contribution is 2.48. The third kappa shape index (κ3) is 5.59. The summed E-state index contributed by atoms with van der Waals surface area (Å²) in [5, 5.41) is 10.4. The number of anilines is 2. The van der Waals surface area contributed by atoms with Crippen LogP contribution < -0.4 is 15.3 Å². The first-order valence-electron chi connectivity index (χ1n) is 20.8. The Bertz CT molecular complexity index is 3300. The van der Waals surface area contributed by atoms with E-state index in [0.717, 1.165) is 18.7 Å². The topological polar surface area (TPSA) is 16.1 Å². The van der Waals surface area contributed by atoms with Crippen molar-refractivity contribution in [2.24, 2.45) is 0 Å². The molecule has 1 aromatic heterocycles. The van der Waals surface area contributed by atoms with Crippen LogP contribution in [0.25, 0.3) is 77.9 Å². The summed E-state index contributed by atoms with van der Waals surface area (Å²) in [5.41, 5.74) is 12.7. The van der Waals surface area contributed by atoms with Crippen molar-refractivity contribution in [2.45, 2.75) is 24.8 Å². The zero-order chi connectivity index (χ0) is 38.9. The van der Waals surface area contributed by atoms with Gasteiger partial charge in [-0.3, -0.25) is 0 Å². The number of nitrogens with zero attached hydrogens (tertiary/aromatic N) is 2. The molecule has 0 amide bonds. The Morgan fingerprint density at radius 1 is 0.492 bits per heavy atom. The molecule has 0 N–H and O–H groups in total. The van der Waals surface area contributed by atoms with Gasteiger partial charge in [-0.25, -0.2) is 4.98 Å². The van der Waals surface area contributed by atoms with Gasteiger partial charge in [0.05, 0.1) is 6.04 Å². The first-order chi connectivity index (χ1) is 29.2. The maximum Gasteiger partial charge on any atom is 0.141 e. The number of pyridine rings is 1. The fourth-order valence-electron chi connectivity index (χ4n) is 10.2. The summed E-state index contributed by atoms with van der Waals surface area (Å²) in [7, 11) is 0. The van der Waals surface area contributed by atoms with Gasteiger partial charge in [0.2, 0.25) is 0 Å². The number of hydrogen-bond acceptors (Lipinski definition) is 2. The summed E-state index contributed by atoms with van der Waals surface area (Å²) in [4.78, 5) is 7.26. The van der Waals surface area contributed by atoms with Crippen molar-refractivity contribution in [3.05, 3.63) is 221 Å². The fraction of sp³-hybridized carbons (Fsp3) is 0.0702. The second-order valence-corrected chi connectivity index (χ2v) is 16.2. The van der Waals surface area contributed by atoms with Crippen molar-refractivity contribution in [3.63, 3.8) is 0 Å². The van der Waals surface area contributed by atoms with Gasteiger partial charge in [0.15, 0.2) is 0 Å². The van der Waals surface area contributed by atoms with Crippen LogP contribution in [0.5, 0.6) is 0 Å². The van der Waals surface area contributed by atoms with Crippen molar-refractivity contribution in [1.82, 2.24) is 4.98 Å². The molecule has 8 aromatic carbocycles. The molecule has 9 aromatic rings. The molecular weight excluding hydrogens is 713 g/mol. The van der Waals surface area contributed by atoms with Gasteiger partial charge >= 0.3 is 0 Å². The lowest BCUT2D eigenvalue weighted by Gasteiger charge is -2.28. The van der Waals surface area contributed by atoms with Crippen LogP contribution in [0.15, 0.2) is 194 Å². The smallest absolute Gasteiger partial charge is 0.141 e. The summed E-state index contributed by atoms with van der Waals surface area (Å²) in [6.07, 6.45) is 13.5. The van der Waals surface area contributed by atoms with Crippen LogP contribution >= 0.6 is 0 Å². The molecule has 2 heterocycles. The van der Waals surface area contributed by atoms with E-state index in [4.69, 9.17) is 4.98 Å². The second-order valence-electron chi connectivity index (χ2n) is 16.2. The molecule has 0 saturated heterocycles. The van der Waals surface area contributed by atoms with E-state index in [1.165, 1.54) is 98.5 Å². The van der Waals surface area contributed by atoms with Crippen molar-refractivity contribution in [1.29, 1.82) is 0 Å². The van der Waals surface area contributed by atoms with Gasteiger partial charge in [-0.2, -0.15) is 0 Å². The Morgan fingerprint density at radius 3 is 1.95 bits per heavy atom. The minimum Gasteiger partial charge on any atom is -0.318 e. The van der Waals surface area contributed by atoms with Crippen LogP contribution in [-0.2, 0) is 0 Å². The van der Waals surface area contributed by atoms with Crippen LogP contribution in [0.1, 0.15) is 35.4 Å². The highest BCUT2D eigenvalue weighted by atomic mass is 15.2. The van der Waals surface area contributed by atoms with Crippen molar-refractivity contribution < 1.29 is 0 Å². The third-order valence-electron chi connectivity index (χ3n) is 12.9. The number of fused-ring (bicyclic) bond motifs is 7. The van der Waals surface area contributed by atoms with E-state index in [1.807, 2.05) is 6.20 Å². The molecule has 2 unspecified atom stereocenters. The number of aromatic nitrogens is 1. The zero-order valence-electron chi connectivity index (χ0n) is 32.6. The lowest BCUT2D eigenvalue weighted by Crippen LogP contribution is -2.27. The molecule has 0 saturated carbocycles. The van der Waals surface area contributed by atoms with Gasteiger partial charge in [0, 0.05) is 23.4 Å². The van der Waals surface area contributed by atoms with Crippen molar-refractivity contribution in [3.8, 4) is 22.3 Å². The highest BCUT2D eigenvalue weighted by molar-refractivity contribution is 6.16. The Kier molecular flexibility index (Phi) is 7.84. The number of para-hydroxylation sites is 1. The third-order valence-corrected chi connectivity index (χ3v) is 12.9. The first kappa shape index (κ1) is 33.8. The SMILES string of the molecule is C1=C(c2cccc(-c3ccc4cc(-c5c6ccccc6c(C6C=c7ccccc7=CC6)c6ccccc56)ccc4c3)c2)C=C2c3cccnc3N(c3ccccc3)C2C1. The zero-order valence-corrected chi connectivity index (χ0v) is 32.6. The van der Waals surface area contributed by atoms with Gasteiger partial charge in [-0.15, -0.1) is 0 Å². The predicted molar refractivity (Wildman–Crippen MR) is 249 cm³/mol. The Morgan fingerprint density at radius 2 is 1.15 bits per heavy atom. The van der Waals surface area contributed by atoms with E-state index < -0.39 is 0 Å². The van der Waals surface area contributed by atoms with Gasteiger partial charge < -0.3 is 4.90 Å². The molecule has 0 spiro atoms. The number of rotatable bonds is 5. The van der Waals surface area contributed by atoms with Gasteiger partial charge in [-0.05, 0) is 149 Å². The van der Waals surface area contributed by atoms with Gasteiger partial charge in [-0.1, -0.05) is 152 Å². The second kappa shape index (κ2) is 13.7. The number of allylic oxidation sites excluding steroid dienone is 2. The Balaban J connectivity index is 0.899. The lowest BCUT2D eigenvalue weighted by molar-refractivity contribution is 0.823. The van der Waals surface area contributed by atoms with Crippen LogP contribution in [0.3, 0.4) is 0 Å². The molecule has 0 bridgehead atoms. The van der Waals surface area contributed by atoms with Gasteiger partial charge in [0.25, 0.3) is 0 Å². The van der Waals surface area contributed by atoms with E-state index in [9.17, 15) is 0 Å². The monoisotopic (exact) mass is 752 g/mol. The molecule has 59 heavy (non-hydrogen) atoms. The van der Waals surface area contributed by atoms with E-state index in [0.29, 0.717) is 5.92 Å². The summed E-state index contributed by atoms with van der Waals surface area (Å²) in [6, 6.07) is 65.1. The van der Waals surface area contributed by atoms with E-state index >= 15 is 0 Å². The number of hydrogen-bond donors (Lipinski definition) is 0. The average molecular weight is 753 g/mol. The molecule has 278 valence electrons. The van der Waals surface area contributed by atoms with Crippen LogP contribution in [0.2, 0.25) is 0 Å². The Hall–Kier alpha value is -7.29. The van der Waals surface area contributed by atoms with Crippen LogP contribution in [0, 0.1) is 0 Å². The molecule has 0 radical (unpaired) electrons. The first-order valence-corrected chi connectivity index (χ1v) is 20.8. The minimum absolute atomic E-state index is 0.237. The predicted octanol–water partition coefficient (Wildman–Crippen LogP) is 13.0. The largest absolute Gasteiger partial charge is 0.318 e. The van der Waals surface area contributed by atoms with Crippen LogP contribution in [-0.4, -0.2) is 11.0 Å². The van der Waals surface area contributed by atoms with E-state index in [1.54, 1.807) is 0 Å². The Labute approximate surface area is 344 Å². The minimum atomic E-state index is 0.237. The highest BCUT2D eigenvalue weighted by Gasteiger charge is 2.37. The normalized spacial score (nSPS) is 16.8. The molecule has 3 aliphatic rings. The van der Waals surface area contributed by atoms with Crippen molar-refractivity contribution in [2.75, 3.05) is 4.90 Å². The fourth-order valence-corrected chi connectivity index (χ4v) is 10.2.